The van der Waals surface area contributed by atoms with E-state index in [9.17, 15) is 8.42 Å². The van der Waals surface area contributed by atoms with E-state index in [1.54, 1.807) is 43.0 Å². The Labute approximate surface area is 129 Å². The second-order valence-corrected chi connectivity index (χ2v) is 7.46. The largest absolute Gasteiger partial charge is 0.398 e. The van der Waals surface area contributed by atoms with Gasteiger partial charge in [0.15, 0.2) is 0 Å². The molecule has 0 unspecified atom stereocenters. The first-order chi connectivity index (χ1) is 9.95. The molecule has 0 heterocycles. The molecule has 0 aromatic heterocycles. The van der Waals surface area contributed by atoms with E-state index in [1.807, 2.05) is 25.1 Å². The smallest absolute Gasteiger partial charge is 0.262 e. The van der Waals surface area contributed by atoms with Gasteiger partial charge in [0.25, 0.3) is 10.0 Å². The summed E-state index contributed by atoms with van der Waals surface area (Å²) in [7, 11) is -3.65. The summed E-state index contributed by atoms with van der Waals surface area (Å²) in [6.07, 6.45) is 0. The van der Waals surface area contributed by atoms with E-state index in [4.69, 9.17) is 5.73 Å². The minimum absolute atomic E-state index is 0.207. The zero-order chi connectivity index (χ0) is 15.5. The number of rotatable bonds is 5. The van der Waals surface area contributed by atoms with E-state index in [0.717, 1.165) is 10.6 Å². The molecule has 2 rings (SSSR count). The Morgan fingerprint density at radius 3 is 2.57 bits per heavy atom. The molecular weight excluding hydrogens is 304 g/mol. The number of benzene rings is 2. The molecule has 4 nitrogen and oxygen atoms in total. The fourth-order valence-electron chi connectivity index (χ4n) is 1.95. The van der Waals surface area contributed by atoms with Gasteiger partial charge in [0.1, 0.15) is 0 Å². The average molecular weight is 322 g/mol. The van der Waals surface area contributed by atoms with Crippen molar-refractivity contribution in [3.05, 3.63) is 48.0 Å². The number of anilines is 2. The quantitative estimate of drug-likeness (QED) is 0.653. The minimum Gasteiger partial charge on any atom is -0.398 e. The molecule has 21 heavy (non-hydrogen) atoms. The molecule has 0 aliphatic carbocycles. The van der Waals surface area contributed by atoms with Crippen LogP contribution in [0.15, 0.2) is 52.3 Å². The predicted octanol–water partition coefficient (Wildman–Crippen LogP) is 3.49. The van der Waals surface area contributed by atoms with E-state index < -0.39 is 10.0 Å². The summed E-state index contributed by atoms with van der Waals surface area (Å²) in [5, 5.41) is 0. The van der Waals surface area contributed by atoms with Crippen molar-refractivity contribution >= 4 is 33.2 Å². The van der Waals surface area contributed by atoms with Gasteiger partial charge >= 0.3 is 0 Å². The minimum atomic E-state index is -3.65. The number of nitrogen functional groups attached to an aromatic ring is 1. The predicted molar refractivity (Wildman–Crippen MR) is 89.2 cm³/mol. The summed E-state index contributed by atoms with van der Waals surface area (Å²) in [5.41, 5.74) is 7.41. The van der Waals surface area contributed by atoms with Crippen LogP contribution in [0.5, 0.6) is 0 Å². The molecule has 0 aliphatic rings. The molecule has 0 radical (unpaired) electrons. The van der Waals surface area contributed by atoms with Crippen LogP contribution in [0.2, 0.25) is 0 Å². The van der Waals surface area contributed by atoms with Gasteiger partial charge in [-0.3, -0.25) is 4.72 Å². The highest BCUT2D eigenvalue weighted by molar-refractivity contribution is 7.99. The Balaban J connectivity index is 2.40. The van der Waals surface area contributed by atoms with E-state index in [-0.39, 0.29) is 4.90 Å². The Morgan fingerprint density at radius 2 is 1.86 bits per heavy atom. The first-order valence-corrected chi connectivity index (χ1v) is 9.02. The monoisotopic (exact) mass is 322 g/mol. The highest BCUT2D eigenvalue weighted by Gasteiger charge is 2.19. The highest BCUT2D eigenvalue weighted by atomic mass is 32.2. The van der Waals surface area contributed by atoms with Crippen LogP contribution in [0.4, 0.5) is 11.4 Å². The second-order valence-electron chi connectivity index (χ2n) is 4.51. The Bertz CT molecular complexity index is 743. The van der Waals surface area contributed by atoms with Crippen LogP contribution in [-0.4, -0.2) is 14.2 Å². The fourth-order valence-corrected chi connectivity index (χ4v) is 4.14. The molecule has 6 heteroatoms. The number of hydrogen-bond donors (Lipinski definition) is 2. The molecule has 0 saturated carbocycles. The van der Waals surface area contributed by atoms with Gasteiger partial charge in [-0.2, -0.15) is 0 Å². The first kappa shape index (κ1) is 15.7. The van der Waals surface area contributed by atoms with E-state index in [2.05, 4.69) is 4.72 Å². The third kappa shape index (κ3) is 3.51. The van der Waals surface area contributed by atoms with Gasteiger partial charge in [0, 0.05) is 10.6 Å². The van der Waals surface area contributed by atoms with Crippen molar-refractivity contribution in [2.24, 2.45) is 0 Å². The maximum absolute atomic E-state index is 12.6. The Morgan fingerprint density at radius 1 is 1.14 bits per heavy atom. The van der Waals surface area contributed by atoms with Crippen molar-refractivity contribution in [1.29, 1.82) is 0 Å². The summed E-state index contributed by atoms with van der Waals surface area (Å²) < 4.78 is 27.8. The van der Waals surface area contributed by atoms with E-state index in [1.165, 1.54) is 0 Å². The van der Waals surface area contributed by atoms with Gasteiger partial charge < -0.3 is 5.73 Å². The molecule has 2 aromatic rings. The van der Waals surface area contributed by atoms with Gasteiger partial charge in [-0.1, -0.05) is 25.1 Å². The van der Waals surface area contributed by atoms with Crippen LogP contribution in [0.25, 0.3) is 0 Å². The van der Waals surface area contributed by atoms with Gasteiger partial charge in [-0.15, -0.1) is 11.8 Å². The van der Waals surface area contributed by atoms with Gasteiger partial charge in [0.05, 0.1) is 10.6 Å². The molecule has 0 spiro atoms. The van der Waals surface area contributed by atoms with Crippen molar-refractivity contribution < 1.29 is 8.42 Å². The molecule has 0 amide bonds. The summed E-state index contributed by atoms with van der Waals surface area (Å²) >= 11 is 1.59. The fraction of sp³-hybridized carbons (Fsp3) is 0.200. The number of thioether (sulfide) groups is 1. The highest BCUT2D eigenvalue weighted by Crippen LogP contribution is 2.29. The number of nitrogens with one attached hydrogen (secondary N) is 1. The normalized spacial score (nSPS) is 11.3. The lowest BCUT2D eigenvalue weighted by atomic mass is 10.2. The third-order valence-electron chi connectivity index (χ3n) is 3.05. The second kappa shape index (κ2) is 6.41. The van der Waals surface area contributed by atoms with E-state index >= 15 is 0 Å². The van der Waals surface area contributed by atoms with Crippen molar-refractivity contribution in [3.63, 3.8) is 0 Å². The first-order valence-electron chi connectivity index (χ1n) is 6.55. The van der Waals surface area contributed by atoms with Crippen LogP contribution in [0.3, 0.4) is 0 Å². The molecule has 0 atom stereocenters. The summed E-state index contributed by atoms with van der Waals surface area (Å²) in [6.45, 7) is 3.73. The number of hydrogen-bond acceptors (Lipinski definition) is 4. The Kier molecular flexibility index (Phi) is 4.80. The van der Waals surface area contributed by atoms with Crippen molar-refractivity contribution in [2.45, 2.75) is 23.6 Å². The van der Waals surface area contributed by atoms with Crippen LogP contribution >= 0.6 is 11.8 Å². The summed E-state index contributed by atoms with van der Waals surface area (Å²) in [5.74, 6) is 0.871. The van der Waals surface area contributed by atoms with Crippen LogP contribution in [0.1, 0.15) is 12.5 Å². The molecule has 0 fully saturated rings. The number of nitrogens with two attached hydrogens (primary N) is 1. The lowest BCUT2D eigenvalue weighted by Crippen LogP contribution is -2.15. The Hall–Kier alpha value is -1.66. The zero-order valence-electron chi connectivity index (χ0n) is 12.0. The standard InChI is InChI=1S/C15H18N2O2S2/c1-3-20-14-9-5-4-8-13(14)17-21(18,19)15-10-6-7-12(16)11(15)2/h4-10,17H,3,16H2,1-2H3. The lowest BCUT2D eigenvalue weighted by Gasteiger charge is -2.14. The average Bonchev–Trinajstić information content (AvgIpc) is 2.44. The lowest BCUT2D eigenvalue weighted by molar-refractivity contribution is 0.600. The van der Waals surface area contributed by atoms with Gasteiger partial charge in [-0.05, 0) is 42.5 Å². The van der Waals surface area contributed by atoms with Crippen LogP contribution < -0.4 is 10.5 Å². The van der Waals surface area contributed by atoms with Crippen molar-refractivity contribution in [3.8, 4) is 0 Å². The van der Waals surface area contributed by atoms with E-state index in [0.29, 0.717) is 16.9 Å². The van der Waals surface area contributed by atoms with Crippen LogP contribution in [0, 0.1) is 6.92 Å². The van der Waals surface area contributed by atoms with Gasteiger partial charge in [-0.25, -0.2) is 8.42 Å². The maximum atomic E-state index is 12.6. The molecule has 3 N–H and O–H groups in total. The van der Waals surface area contributed by atoms with Crippen molar-refractivity contribution in [1.82, 2.24) is 0 Å². The molecule has 0 aliphatic heterocycles. The summed E-state index contributed by atoms with van der Waals surface area (Å²) in [6, 6.07) is 12.3. The molecule has 0 saturated heterocycles. The maximum Gasteiger partial charge on any atom is 0.262 e. The SMILES string of the molecule is CCSc1ccccc1NS(=O)(=O)c1cccc(N)c1C. The van der Waals surface area contributed by atoms with Gasteiger partial charge in [0.2, 0.25) is 0 Å². The van der Waals surface area contributed by atoms with Crippen molar-refractivity contribution in [2.75, 3.05) is 16.2 Å². The number of sulfonamides is 1. The number of para-hydroxylation sites is 1. The molecule has 2 aromatic carbocycles. The molecular formula is C15H18N2O2S2. The molecule has 112 valence electrons. The molecule has 0 bridgehead atoms. The van der Waals surface area contributed by atoms with Crippen LogP contribution in [-0.2, 0) is 10.0 Å². The zero-order valence-corrected chi connectivity index (χ0v) is 13.6. The third-order valence-corrected chi connectivity index (χ3v) is 5.51. The topological polar surface area (TPSA) is 72.2 Å². The summed E-state index contributed by atoms with van der Waals surface area (Å²) in [4.78, 5) is 1.11.